The van der Waals surface area contributed by atoms with Crippen molar-refractivity contribution in [3.05, 3.63) is 0 Å². The SMILES string of the molecule is CCCCCCCC(=O)OCOCO. The second-order valence-electron chi connectivity index (χ2n) is 3.13. The fourth-order valence-electron chi connectivity index (χ4n) is 1.09. The lowest BCUT2D eigenvalue weighted by molar-refractivity contribution is -0.163. The molecule has 0 bridgehead atoms. The third-order valence-corrected chi connectivity index (χ3v) is 1.88. The highest BCUT2D eigenvalue weighted by Crippen LogP contribution is 2.05. The van der Waals surface area contributed by atoms with Crippen molar-refractivity contribution in [2.24, 2.45) is 0 Å². The van der Waals surface area contributed by atoms with E-state index in [-0.39, 0.29) is 12.8 Å². The molecule has 0 aliphatic rings. The summed E-state index contributed by atoms with van der Waals surface area (Å²) in [5, 5.41) is 8.24. The van der Waals surface area contributed by atoms with Gasteiger partial charge in [-0.25, -0.2) is 0 Å². The Hall–Kier alpha value is -0.610. The predicted octanol–water partition coefficient (Wildman–Crippen LogP) is 1.81. The van der Waals surface area contributed by atoms with Crippen LogP contribution in [0.25, 0.3) is 0 Å². The Morgan fingerprint density at radius 1 is 1.21 bits per heavy atom. The molecule has 0 atom stereocenters. The summed E-state index contributed by atoms with van der Waals surface area (Å²) >= 11 is 0. The molecule has 0 aliphatic heterocycles. The lowest BCUT2D eigenvalue weighted by Gasteiger charge is -2.03. The fourth-order valence-corrected chi connectivity index (χ4v) is 1.09. The largest absolute Gasteiger partial charge is 0.438 e. The smallest absolute Gasteiger partial charge is 0.307 e. The number of aliphatic hydroxyl groups is 1. The molecule has 0 radical (unpaired) electrons. The monoisotopic (exact) mass is 204 g/mol. The molecule has 0 saturated heterocycles. The van der Waals surface area contributed by atoms with Gasteiger partial charge < -0.3 is 14.6 Å². The molecule has 4 nitrogen and oxygen atoms in total. The summed E-state index contributed by atoms with van der Waals surface area (Å²) in [6, 6.07) is 0. The molecule has 0 saturated carbocycles. The van der Waals surface area contributed by atoms with Crippen LogP contribution in [0.5, 0.6) is 0 Å². The zero-order valence-corrected chi connectivity index (χ0v) is 8.83. The van der Waals surface area contributed by atoms with Crippen LogP contribution in [-0.2, 0) is 14.3 Å². The Kier molecular flexibility index (Phi) is 10.0. The van der Waals surface area contributed by atoms with Crippen LogP contribution in [0.4, 0.5) is 0 Å². The van der Waals surface area contributed by atoms with Crippen molar-refractivity contribution in [2.75, 3.05) is 13.6 Å². The number of aliphatic hydroxyl groups excluding tert-OH is 1. The maximum Gasteiger partial charge on any atom is 0.307 e. The summed E-state index contributed by atoms with van der Waals surface area (Å²) < 4.78 is 9.13. The number of unbranched alkanes of at least 4 members (excludes halogenated alkanes) is 4. The Balaban J connectivity index is 3.10. The molecule has 0 aromatic heterocycles. The standard InChI is InChI=1S/C10H20O4/c1-2-3-4-5-6-7-10(12)14-9-13-8-11/h11H,2-9H2,1H3. The third kappa shape index (κ3) is 9.48. The van der Waals surface area contributed by atoms with Crippen LogP contribution in [-0.4, -0.2) is 24.7 Å². The van der Waals surface area contributed by atoms with Gasteiger partial charge in [0.15, 0.2) is 6.79 Å². The van der Waals surface area contributed by atoms with Crippen molar-refractivity contribution in [1.82, 2.24) is 0 Å². The summed E-state index contributed by atoms with van der Waals surface area (Å²) in [5.41, 5.74) is 0. The normalized spacial score (nSPS) is 10.1. The van der Waals surface area contributed by atoms with Crippen molar-refractivity contribution in [1.29, 1.82) is 0 Å². The van der Waals surface area contributed by atoms with Gasteiger partial charge in [-0.2, -0.15) is 0 Å². The van der Waals surface area contributed by atoms with Gasteiger partial charge >= 0.3 is 5.97 Å². The molecule has 84 valence electrons. The van der Waals surface area contributed by atoms with E-state index in [0.29, 0.717) is 6.42 Å². The molecular formula is C10H20O4. The number of rotatable bonds is 9. The van der Waals surface area contributed by atoms with E-state index < -0.39 is 6.79 Å². The first-order valence-electron chi connectivity index (χ1n) is 5.15. The van der Waals surface area contributed by atoms with Crippen LogP contribution in [0.3, 0.4) is 0 Å². The maximum absolute atomic E-state index is 11.0. The fraction of sp³-hybridized carbons (Fsp3) is 0.900. The molecule has 14 heavy (non-hydrogen) atoms. The van der Waals surface area contributed by atoms with E-state index in [2.05, 4.69) is 16.4 Å². The van der Waals surface area contributed by atoms with Crippen LogP contribution < -0.4 is 0 Å². The zero-order valence-electron chi connectivity index (χ0n) is 8.83. The minimum absolute atomic E-state index is 0.149. The van der Waals surface area contributed by atoms with Crippen molar-refractivity contribution >= 4 is 5.97 Å². The summed E-state index contributed by atoms with van der Waals surface area (Å²) in [6.45, 7) is 1.59. The molecular weight excluding hydrogens is 184 g/mol. The number of ether oxygens (including phenoxy) is 2. The molecule has 0 amide bonds. The molecule has 4 heteroatoms. The Morgan fingerprint density at radius 3 is 2.57 bits per heavy atom. The first kappa shape index (κ1) is 13.4. The molecule has 0 spiro atoms. The van der Waals surface area contributed by atoms with E-state index in [0.717, 1.165) is 12.8 Å². The molecule has 1 N–H and O–H groups in total. The van der Waals surface area contributed by atoms with Crippen LogP contribution in [0.15, 0.2) is 0 Å². The molecule has 0 aromatic rings. The van der Waals surface area contributed by atoms with Crippen molar-refractivity contribution in [2.45, 2.75) is 45.4 Å². The Bertz CT molecular complexity index is 136. The molecule has 0 unspecified atom stereocenters. The van der Waals surface area contributed by atoms with E-state index in [1.54, 1.807) is 0 Å². The van der Waals surface area contributed by atoms with Gasteiger partial charge in [-0.3, -0.25) is 4.79 Å². The van der Waals surface area contributed by atoms with E-state index in [1.807, 2.05) is 0 Å². The summed E-state index contributed by atoms with van der Waals surface area (Å²) in [5.74, 6) is -0.255. The lowest BCUT2D eigenvalue weighted by Crippen LogP contribution is -2.08. The number of hydrogen-bond acceptors (Lipinski definition) is 4. The first-order chi connectivity index (χ1) is 6.81. The average Bonchev–Trinajstić information content (AvgIpc) is 2.18. The van der Waals surface area contributed by atoms with Gasteiger partial charge in [-0.15, -0.1) is 0 Å². The van der Waals surface area contributed by atoms with Crippen molar-refractivity contribution < 1.29 is 19.4 Å². The van der Waals surface area contributed by atoms with E-state index in [4.69, 9.17) is 5.11 Å². The van der Waals surface area contributed by atoms with E-state index in [1.165, 1.54) is 19.3 Å². The summed E-state index contributed by atoms with van der Waals surface area (Å²) in [4.78, 5) is 11.0. The van der Waals surface area contributed by atoms with E-state index in [9.17, 15) is 4.79 Å². The third-order valence-electron chi connectivity index (χ3n) is 1.88. The van der Waals surface area contributed by atoms with Gasteiger partial charge in [-0.1, -0.05) is 32.6 Å². The highest BCUT2D eigenvalue weighted by Gasteiger charge is 2.01. The van der Waals surface area contributed by atoms with Crippen LogP contribution >= 0.6 is 0 Å². The van der Waals surface area contributed by atoms with Crippen molar-refractivity contribution in [3.63, 3.8) is 0 Å². The Labute approximate surface area is 85.2 Å². The van der Waals surface area contributed by atoms with Gasteiger partial charge in [-0.05, 0) is 6.42 Å². The number of hydrogen-bond donors (Lipinski definition) is 1. The lowest BCUT2D eigenvalue weighted by atomic mass is 10.1. The summed E-state index contributed by atoms with van der Waals surface area (Å²) in [7, 11) is 0. The molecule has 0 aromatic carbocycles. The maximum atomic E-state index is 11.0. The minimum atomic E-state index is -0.413. The molecule has 0 rings (SSSR count). The second-order valence-corrected chi connectivity index (χ2v) is 3.13. The minimum Gasteiger partial charge on any atom is -0.438 e. The molecule has 0 heterocycles. The van der Waals surface area contributed by atoms with Crippen LogP contribution in [0, 0.1) is 0 Å². The van der Waals surface area contributed by atoms with Crippen LogP contribution in [0.2, 0.25) is 0 Å². The first-order valence-corrected chi connectivity index (χ1v) is 5.15. The van der Waals surface area contributed by atoms with Gasteiger partial charge in [0, 0.05) is 6.42 Å². The molecule has 0 aliphatic carbocycles. The van der Waals surface area contributed by atoms with Gasteiger partial charge in [0.25, 0.3) is 0 Å². The quantitative estimate of drug-likeness (QED) is 0.353. The highest BCUT2D eigenvalue weighted by atomic mass is 16.7. The summed E-state index contributed by atoms with van der Waals surface area (Å²) in [6.07, 6.45) is 5.99. The molecule has 0 fully saturated rings. The predicted molar refractivity (Wildman–Crippen MR) is 52.5 cm³/mol. The highest BCUT2D eigenvalue weighted by molar-refractivity contribution is 5.69. The van der Waals surface area contributed by atoms with Crippen molar-refractivity contribution in [3.8, 4) is 0 Å². The van der Waals surface area contributed by atoms with Gasteiger partial charge in [0.05, 0.1) is 0 Å². The van der Waals surface area contributed by atoms with Gasteiger partial charge in [0.1, 0.15) is 6.79 Å². The topological polar surface area (TPSA) is 55.8 Å². The zero-order chi connectivity index (χ0) is 10.6. The average molecular weight is 204 g/mol. The number of esters is 1. The van der Waals surface area contributed by atoms with E-state index >= 15 is 0 Å². The second kappa shape index (κ2) is 10.5. The number of carbonyl (C=O) groups excluding carboxylic acids is 1. The van der Waals surface area contributed by atoms with Gasteiger partial charge in [0.2, 0.25) is 0 Å². The Morgan fingerprint density at radius 2 is 1.93 bits per heavy atom. The van der Waals surface area contributed by atoms with Crippen LogP contribution in [0.1, 0.15) is 45.4 Å². The number of carbonyl (C=O) groups is 1.